The third kappa shape index (κ3) is 1.72. The van der Waals surface area contributed by atoms with Gasteiger partial charge in [-0.15, -0.1) is 0 Å². The number of aryl methyl sites for hydroxylation is 1. The van der Waals surface area contributed by atoms with Gasteiger partial charge < -0.3 is 0 Å². The molecule has 2 heterocycles. The number of rotatable bonds is 1. The maximum atomic E-state index is 7.31. The second-order valence-electron chi connectivity index (χ2n) is 2.86. The Morgan fingerprint density at radius 2 is 2.00 bits per heavy atom. The van der Waals surface area contributed by atoms with Crippen molar-refractivity contribution in [1.82, 2.24) is 9.97 Å². The predicted octanol–water partition coefficient (Wildman–Crippen LogP) is 2.45. The van der Waals surface area contributed by atoms with E-state index in [0.29, 0.717) is 6.04 Å². The lowest BCUT2D eigenvalue weighted by atomic mass is 10.2. The van der Waals surface area contributed by atoms with Crippen LogP contribution in [0.2, 0.25) is 0 Å². The van der Waals surface area contributed by atoms with Gasteiger partial charge in [-0.3, -0.25) is 9.97 Å². The molecule has 2 aromatic rings. The first-order valence-electron chi connectivity index (χ1n) is 4.61. The summed E-state index contributed by atoms with van der Waals surface area (Å²) in [6.45, 7) is 2.00. The van der Waals surface area contributed by atoms with Crippen LogP contribution in [0.3, 0.4) is 0 Å². The largest absolute Gasteiger partial charge is 0.255 e. The lowest BCUT2D eigenvalue weighted by molar-refractivity contribution is 1.22. The van der Waals surface area contributed by atoms with Crippen molar-refractivity contribution < 1.29 is 1.37 Å². The molecule has 0 spiro atoms. The van der Waals surface area contributed by atoms with Crippen LogP contribution in [-0.2, 0) is 0 Å². The van der Waals surface area contributed by atoms with Gasteiger partial charge in [0.25, 0.3) is 0 Å². The van der Waals surface area contributed by atoms with E-state index in [1.165, 1.54) is 6.20 Å². The molecule has 0 fully saturated rings. The monoisotopic (exact) mass is 171 g/mol. The quantitative estimate of drug-likeness (QED) is 0.658. The Morgan fingerprint density at radius 3 is 2.62 bits per heavy atom. The summed E-state index contributed by atoms with van der Waals surface area (Å²) >= 11 is 0. The van der Waals surface area contributed by atoms with Gasteiger partial charge in [0.2, 0.25) is 0 Å². The standard InChI is InChI=1S/C11H10N2/c1-9-5-6-11(13-8-9)10-4-2-3-7-12-10/h2-8H,1H3/i3D. The summed E-state index contributed by atoms with van der Waals surface area (Å²) in [6, 6.07) is 7.87. The third-order valence-corrected chi connectivity index (χ3v) is 1.79. The van der Waals surface area contributed by atoms with E-state index < -0.39 is 0 Å². The lowest BCUT2D eigenvalue weighted by Gasteiger charge is -1.98. The van der Waals surface area contributed by atoms with Crippen LogP contribution >= 0.6 is 0 Å². The highest BCUT2D eigenvalue weighted by molar-refractivity contribution is 5.53. The predicted molar refractivity (Wildman–Crippen MR) is 52.2 cm³/mol. The molecule has 0 aliphatic rings. The summed E-state index contributed by atoms with van der Waals surface area (Å²) in [6.07, 6.45) is 3.34. The van der Waals surface area contributed by atoms with E-state index in [1.807, 2.05) is 25.3 Å². The topological polar surface area (TPSA) is 25.8 Å². The molecule has 0 aliphatic heterocycles. The summed E-state index contributed by atoms with van der Waals surface area (Å²) in [4.78, 5) is 8.38. The lowest BCUT2D eigenvalue weighted by Crippen LogP contribution is -1.85. The summed E-state index contributed by atoms with van der Waals surface area (Å²) < 4.78 is 7.31. The van der Waals surface area contributed by atoms with E-state index in [0.717, 1.165) is 17.0 Å². The van der Waals surface area contributed by atoms with Gasteiger partial charge in [0.1, 0.15) is 0 Å². The van der Waals surface area contributed by atoms with Crippen molar-refractivity contribution in [2.75, 3.05) is 0 Å². The van der Waals surface area contributed by atoms with E-state index in [2.05, 4.69) is 9.97 Å². The SMILES string of the molecule is [2H]c1ccc(-c2ccc(C)cn2)nc1. The molecule has 0 saturated carbocycles. The van der Waals surface area contributed by atoms with Crippen LogP contribution in [0, 0.1) is 6.92 Å². The first-order valence-corrected chi connectivity index (χ1v) is 4.11. The molecule has 2 heteroatoms. The van der Waals surface area contributed by atoms with Gasteiger partial charge in [0, 0.05) is 12.4 Å². The van der Waals surface area contributed by atoms with Gasteiger partial charge in [-0.25, -0.2) is 0 Å². The van der Waals surface area contributed by atoms with Crippen molar-refractivity contribution in [2.45, 2.75) is 6.92 Å². The van der Waals surface area contributed by atoms with Gasteiger partial charge in [0.15, 0.2) is 0 Å². The number of pyridine rings is 2. The van der Waals surface area contributed by atoms with E-state index >= 15 is 0 Å². The molecule has 0 bridgehead atoms. The van der Waals surface area contributed by atoms with E-state index in [-0.39, 0.29) is 0 Å². The number of nitrogens with zero attached hydrogens (tertiary/aromatic N) is 2. The van der Waals surface area contributed by atoms with Crippen molar-refractivity contribution in [3.63, 3.8) is 0 Å². The van der Waals surface area contributed by atoms with E-state index in [9.17, 15) is 0 Å². The Bertz CT molecular complexity index is 377. The van der Waals surface area contributed by atoms with Crippen LogP contribution in [0.5, 0.6) is 0 Å². The van der Waals surface area contributed by atoms with Crippen molar-refractivity contribution in [3.8, 4) is 11.4 Å². The molecule has 0 radical (unpaired) electrons. The average molecular weight is 171 g/mol. The Labute approximate surface area is 78.7 Å². The Kier molecular flexibility index (Phi) is 1.75. The van der Waals surface area contributed by atoms with E-state index in [4.69, 9.17) is 1.37 Å². The number of aromatic nitrogens is 2. The minimum atomic E-state index is 0.417. The maximum Gasteiger partial charge on any atom is 0.0886 e. The van der Waals surface area contributed by atoms with Crippen LogP contribution in [0.25, 0.3) is 11.4 Å². The first-order chi connectivity index (χ1) is 6.75. The van der Waals surface area contributed by atoms with Crippen LogP contribution in [0.15, 0.2) is 42.7 Å². The van der Waals surface area contributed by atoms with Gasteiger partial charge in [0.05, 0.1) is 12.8 Å². The minimum Gasteiger partial charge on any atom is -0.255 e. The second kappa shape index (κ2) is 3.35. The van der Waals surface area contributed by atoms with Crippen LogP contribution < -0.4 is 0 Å². The van der Waals surface area contributed by atoms with Crippen LogP contribution in [0.4, 0.5) is 0 Å². The summed E-state index contributed by atoms with van der Waals surface area (Å²) in [7, 11) is 0. The molecular formula is C11H10N2. The Hall–Kier alpha value is -1.70. The van der Waals surface area contributed by atoms with Crippen molar-refractivity contribution >= 4 is 0 Å². The normalized spacial score (nSPS) is 11.0. The fourth-order valence-electron chi connectivity index (χ4n) is 1.09. The van der Waals surface area contributed by atoms with Crippen molar-refractivity contribution in [3.05, 3.63) is 48.3 Å². The molecule has 2 aromatic heterocycles. The highest BCUT2D eigenvalue weighted by Crippen LogP contribution is 2.12. The zero-order chi connectivity index (χ0) is 9.97. The van der Waals surface area contributed by atoms with Crippen LogP contribution in [-0.4, -0.2) is 9.97 Å². The highest BCUT2D eigenvalue weighted by atomic mass is 14.8. The molecule has 0 atom stereocenters. The summed E-state index contributed by atoms with van der Waals surface area (Å²) in [5.74, 6) is 0. The molecule has 0 unspecified atom stereocenters. The zero-order valence-corrected chi connectivity index (χ0v) is 7.36. The molecule has 13 heavy (non-hydrogen) atoms. The van der Waals surface area contributed by atoms with Gasteiger partial charge >= 0.3 is 0 Å². The molecule has 0 amide bonds. The van der Waals surface area contributed by atoms with E-state index in [1.54, 1.807) is 12.1 Å². The van der Waals surface area contributed by atoms with Gasteiger partial charge in [-0.1, -0.05) is 12.1 Å². The third-order valence-electron chi connectivity index (χ3n) is 1.79. The second-order valence-corrected chi connectivity index (χ2v) is 2.86. The van der Waals surface area contributed by atoms with Crippen LogP contribution in [0.1, 0.15) is 6.93 Å². The molecule has 64 valence electrons. The maximum absolute atomic E-state index is 7.31. The fraction of sp³-hybridized carbons (Fsp3) is 0.0909. The molecule has 0 saturated heterocycles. The molecule has 2 rings (SSSR count). The van der Waals surface area contributed by atoms with Gasteiger partial charge in [-0.2, -0.15) is 0 Å². The minimum absolute atomic E-state index is 0.417. The molecule has 0 aliphatic carbocycles. The average Bonchev–Trinajstić information content (AvgIpc) is 2.21. The fourth-order valence-corrected chi connectivity index (χ4v) is 1.09. The zero-order valence-electron chi connectivity index (χ0n) is 8.36. The molecular weight excluding hydrogens is 160 g/mol. The van der Waals surface area contributed by atoms with Crippen molar-refractivity contribution in [2.24, 2.45) is 0 Å². The summed E-state index contributed by atoms with van der Waals surface area (Å²) in [5.41, 5.74) is 2.78. The Balaban J connectivity index is 2.40. The summed E-state index contributed by atoms with van der Waals surface area (Å²) in [5, 5.41) is 0. The number of hydrogen-bond donors (Lipinski definition) is 0. The number of hydrogen-bond acceptors (Lipinski definition) is 2. The van der Waals surface area contributed by atoms with Gasteiger partial charge in [-0.05, 0) is 30.7 Å². The first kappa shape index (κ1) is 6.78. The highest BCUT2D eigenvalue weighted by Gasteiger charge is 1.97. The smallest absolute Gasteiger partial charge is 0.0886 e. The Morgan fingerprint density at radius 1 is 1.15 bits per heavy atom. The molecule has 0 N–H and O–H groups in total. The molecule has 0 aromatic carbocycles. The molecule has 2 nitrogen and oxygen atoms in total. The van der Waals surface area contributed by atoms with Crippen molar-refractivity contribution in [1.29, 1.82) is 0 Å².